The van der Waals surface area contributed by atoms with Gasteiger partial charge in [-0.05, 0) is 47.0 Å². The molecule has 7 nitrogen and oxygen atoms in total. The highest BCUT2D eigenvalue weighted by Gasteiger charge is 2.28. The van der Waals surface area contributed by atoms with E-state index in [4.69, 9.17) is 9.47 Å². The number of pyridine rings is 1. The summed E-state index contributed by atoms with van der Waals surface area (Å²) < 4.78 is 11.4. The number of hydrogen-bond donors (Lipinski definition) is 1. The first kappa shape index (κ1) is 17.8. The number of halogens is 1. The molecular formula is C19H18BrN3O4. The summed E-state index contributed by atoms with van der Waals surface area (Å²) in [6.07, 6.45) is 4.46. The number of aromatic nitrogens is 1. The van der Waals surface area contributed by atoms with Gasteiger partial charge in [-0.1, -0.05) is 0 Å². The van der Waals surface area contributed by atoms with Gasteiger partial charge >= 0.3 is 0 Å². The van der Waals surface area contributed by atoms with E-state index in [-0.39, 0.29) is 24.5 Å². The van der Waals surface area contributed by atoms with Crippen molar-refractivity contribution in [2.24, 2.45) is 5.92 Å². The highest BCUT2D eigenvalue weighted by Crippen LogP contribution is 2.34. The fraction of sp³-hybridized carbons (Fsp3) is 0.316. The standard InChI is InChI=1S/C19H18BrN3O4/c20-14-7-13(9-21-10-14)19(25)23-5-3-12(4-6-23)18(24)22-15-1-2-16-17(8-15)27-11-26-16/h1-2,7-10,12H,3-6,11H2,(H,22,24). The van der Waals surface area contributed by atoms with E-state index >= 15 is 0 Å². The van der Waals surface area contributed by atoms with Crippen molar-refractivity contribution in [2.75, 3.05) is 25.2 Å². The van der Waals surface area contributed by atoms with Gasteiger partial charge in [-0.15, -0.1) is 0 Å². The average molecular weight is 432 g/mol. The number of anilines is 1. The summed E-state index contributed by atoms with van der Waals surface area (Å²) in [4.78, 5) is 30.9. The maximum Gasteiger partial charge on any atom is 0.255 e. The Labute approximate surface area is 164 Å². The zero-order valence-electron chi connectivity index (χ0n) is 14.5. The SMILES string of the molecule is O=C(Nc1ccc2c(c1)OCO2)C1CCN(C(=O)c2cncc(Br)c2)CC1. The quantitative estimate of drug-likeness (QED) is 0.807. The number of benzene rings is 1. The molecule has 2 aromatic rings. The Kier molecular flexibility index (Phi) is 4.98. The van der Waals surface area contributed by atoms with Crippen LogP contribution in [0.4, 0.5) is 5.69 Å². The number of ether oxygens (including phenoxy) is 2. The first-order valence-electron chi connectivity index (χ1n) is 8.70. The second-order valence-corrected chi connectivity index (χ2v) is 7.43. The van der Waals surface area contributed by atoms with Crippen LogP contribution in [0.2, 0.25) is 0 Å². The Morgan fingerprint density at radius 1 is 1.11 bits per heavy atom. The number of hydrogen-bond acceptors (Lipinski definition) is 5. The summed E-state index contributed by atoms with van der Waals surface area (Å²) in [7, 11) is 0. The van der Waals surface area contributed by atoms with E-state index in [9.17, 15) is 9.59 Å². The smallest absolute Gasteiger partial charge is 0.255 e. The molecule has 0 unspecified atom stereocenters. The molecule has 0 aliphatic carbocycles. The lowest BCUT2D eigenvalue weighted by Gasteiger charge is -2.31. The summed E-state index contributed by atoms with van der Waals surface area (Å²) in [6.45, 7) is 1.29. The van der Waals surface area contributed by atoms with Crippen molar-refractivity contribution in [1.82, 2.24) is 9.88 Å². The summed E-state index contributed by atoms with van der Waals surface area (Å²) in [5, 5.41) is 2.93. The molecule has 2 amide bonds. The molecule has 1 aromatic heterocycles. The van der Waals surface area contributed by atoms with Gasteiger partial charge in [0.25, 0.3) is 5.91 Å². The van der Waals surface area contributed by atoms with Crippen molar-refractivity contribution >= 4 is 33.4 Å². The summed E-state index contributed by atoms with van der Waals surface area (Å²) >= 11 is 3.33. The van der Waals surface area contributed by atoms with Crippen molar-refractivity contribution in [1.29, 1.82) is 0 Å². The third-order valence-electron chi connectivity index (χ3n) is 4.74. The van der Waals surface area contributed by atoms with E-state index in [1.807, 2.05) is 0 Å². The van der Waals surface area contributed by atoms with Crippen molar-refractivity contribution < 1.29 is 19.1 Å². The first-order chi connectivity index (χ1) is 13.1. The number of carbonyl (C=O) groups excluding carboxylic acids is 2. The number of amides is 2. The number of nitrogens with zero attached hydrogens (tertiary/aromatic N) is 2. The number of nitrogens with one attached hydrogen (secondary N) is 1. The van der Waals surface area contributed by atoms with Gasteiger partial charge in [-0.2, -0.15) is 0 Å². The molecule has 0 atom stereocenters. The van der Waals surface area contributed by atoms with E-state index in [0.717, 1.165) is 4.47 Å². The fourth-order valence-corrected chi connectivity index (χ4v) is 3.64. The van der Waals surface area contributed by atoms with Gasteiger partial charge in [0.1, 0.15) is 0 Å². The molecule has 2 aliphatic heterocycles. The lowest BCUT2D eigenvalue weighted by molar-refractivity contribution is -0.121. The van der Waals surface area contributed by atoms with Crippen LogP contribution in [-0.2, 0) is 4.79 Å². The summed E-state index contributed by atoms with van der Waals surface area (Å²) in [6, 6.07) is 7.10. The van der Waals surface area contributed by atoms with Crippen molar-refractivity contribution in [3.63, 3.8) is 0 Å². The van der Waals surface area contributed by atoms with Crippen molar-refractivity contribution in [3.8, 4) is 11.5 Å². The summed E-state index contributed by atoms with van der Waals surface area (Å²) in [5.74, 6) is 1.10. The van der Waals surface area contributed by atoms with Crippen molar-refractivity contribution in [2.45, 2.75) is 12.8 Å². The minimum absolute atomic E-state index is 0.0370. The molecule has 4 rings (SSSR count). The van der Waals surface area contributed by atoms with Crippen LogP contribution in [0.15, 0.2) is 41.1 Å². The van der Waals surface area contributed by atoms with Gasteiger partial charge in [-0.25, -0.2) is 0 Å². The van der Waals surface area contributed by atoms with Crippen LogP contribution in [0.1, 0.15) is 23.2 Å². The predicted octanol–water partition coefficient (Wildman–Crippen LogP) is 3.06. The number of piperidine rings is 1. The van der Waals surface area contributed by atoms with Crippen LogP contribution >= 0.6 is 15.9 Å². The van der Waals surface area contributed by atoms with Gasteiger partial charge in [0.05, 0.1) is 5.56 Å². The van der Waals surface area contributed by atoms with Gasteiger partial charge in [0.2, 0.25) is 12.7 Å². The minimum Gasteiger partial charge on any atom is -0.454 e. The molecule has 0 saturated carbocycles. The van der Waals surface area contributed by atoms with Crippen LogP contribution < -0.4 is 14.8 Å². The highest BCUT2D eigenvalue weighted by molar-refractivity contribution is 9.10. The topological polar surface area (TPSA) is 80.8 Å². The maximum absolute atomic E-state index is 12.6. The second kappa shape index (κ2) is 7.56. The van der Waals surface area contributed by atoms with Crippen LogP contribution in [0.3, 0.4) is 0 Å². The summed E-state index contributed by atoms with van der Waals surface area (Å²) in [5.41, 5.74) is 1.23. The van der Waals surface area contributed by atoms with E-state index in [1.54, 1.807) is 41.6 Å². The monoisotopic (exact) mass is 431 g/mol. The Bertz CT molecular complexity index is 881. The average Bonchev–Trinajstić information content (AvgIpc) is 3.15. The zero-order chi connectivity index (χ0) is 18.8. The molecule has 2 aliphatic rings. The van der Waals surface area contributed by atoms with E-state index < -0.39 is 0 Å². The fourth-order valence-electron chi connectivity index (χ4n) is 3.27. The molecular weight excluding hydrogens is 414 g/mol. The van der Waals surface area contributed by atoms with Crippen LogP contribution in [0.5, 0.6) is 11.5 Å². The Morgan fingerprint density at radius 2 is 1.89 bits per heavy atom. The molecule has 8 heteroatoms. The second-order valence-electron chi connectivity index (χ2n) is 6.52. The van der Waals surface area contributed by atoms with Gasteiger partial charge in [0.15, 0.2) is 11.5 Å². The van der Waals surface area contributed by atoms with E-state index in [2.05, 4.69) is 26.2 Å². The first-order valence-corrected chi connectivity index (χ1v) is 9.50. The van der Waals surface area contributed by atoms with Crippen LogP contribution in [-0.4, -0.2) is 41.6 Å². The molecule has 1 saturated heterocycles. The van der Waals surface area contributed by atoms with Gasteiger partial charge in [-0.3, -0.25) is 14.6 Å². The van der Waals surface area contributed by atoms with Crippen LogP contribution in [0, 0.1) is 5.92 Å². The van der Waals surface area contributed by atoms with Gasteiger partial charge < -0.3 is 19.7 Å². The Balaban J connectivity index is 1.33. The highest BCUT2D eigenvalue weighted by atomic mass is 79.9. The number of fused-ring (bicyclic) bond motifs is 1. The zero-order valence-corrected chi connectivity index (χ0v) is 16.1. The molecule has 0 spiro atoms. The van der Waals surface area contributed by atoms with E-state index in [0.29, 0.717) is 48.7 Å². The largest absolute Gasteiger partial charge is 0.454 e. The van der Waals surface area contributed by atoms with Crippen LogP contribution in [0.25, 0.3) is 0 Å². The van der Waals surface area contributed by atoms with Gasteiger partial charge in [0, 0.05) is 47.6 Å². The van der Waals surface area contributed by atoms with E-state index in [1.165, 1.54) is 0 Å². The molecule has 1 aromatic carbocycles. The molecule has 0 bridgehead atoms. The normalized spacial score (nSPS) is 16.3. The third kappa shape index (κ3) is 3.90. The lowest BCUT2D eigenvalue weighted by Crippen LogP contribution is -2.41. The van der Waals surface area contributed by atoms with Crippen molar-refractivity contribution in [3.05, 3.63) is 46.7 Å². The molecule has 140 valence electrons. The predicted molar refractivity (Wildman–Crippen MR) is 102 cm³/mol. The lowest BCUT2D eigenvalue weighted by atomic mass is 9.95. The minimum atomic E-state index is -0.125. The Morgan fingerprint density at radius 3 is 2.67 bits per heavy atom. The maximum atomic E-state index is 12.6. The molecule has 3 heterocycles. The number of rotatable bonds is 3. The molecule has 1 fully saturated rings. The number of likely N-dealkylation sites (tertiary alicyclic amines) is 1. The third-order valence-corrected chi connectivity index (χ3v) is 5.18. The Hall–Kier alpha value is -2.61. The molecule has 1 N–H and O–H groups in total. The molecule has 0 radical (unpaired) electrons. The number of carbonyl (C=O) groups is 2. The molecule has 27 heavy (non-hydrogen) atoms.